The van der Waals surface area contributed by atoms with E-state index in [1.807, 2.05) is 0 Å². The van der Waals surface area contributed by atoms with Crippen LogP contribution in [0.2, 0.25) is 0 Å². The standard InChI is InChI=1S/C13H16O9S/c1-20-23(18,19)11-7-9(12(16)21-4-2-14)6-10(8-11)13(17)22-5-3-15/h6-8,14-15H,2-5H2,1H3. The van der Waals surface area contributed by atoms with Crippen LogP contribution in [0.15, 0.2) is 23.1 Å². The molecule has 1 aromatic rings. The van der Waals surface area contributed by atoms with Gasteiger partial charge in [-0.1, -0.05) is 0 Å². The zero-order valence-corrected chi connectivity index (χ0v) is 13.0. The Hall–Kier alpha value is -2.01. The minimum Gasteiger partial charge on any atom is -0.460 e. The Morgan fingerprint density at radius 1 is 0.957 bits per heavy atom. The molecule has 0 spiro atoms. The topological polar surface area (TPSA) is 136 Å². The highest BCUT2D eigenvalue weighted by atomic mass is 32.2. The molecule has 9 nitrogen and oxygen atoms in total. The Kier molecular flexibility index (Phi) is 7.10. The summed E-state index contributed by atoms with van der Waals surface area (Å²) in [6.07, 6.45) is 0. The molecular weight excluding hydrogens is 332 g/mol. The summed E-state index contributed by atoms with van der Waals surface area (Å²) < 4.78 is 37.2. The lowest BCUT2D eigenvalue weighted by atomic mass is 10.1. The number of carbonyl (C=O) groups is 2. The first-order valence-corrected chi connectivity index (χ1v) is 7.78. The van der Waals surface area contributed by atoms with Gasteiger partial charge in [0.25, 0.3) is 10.1 Å². The highest BCUT2D eigenvalue weighted by Gasteiger charge is 2.21. The number of ether oxygens (including phenoxy) is 2. The van der Waals surface area contributed by atoms with Crippen LogP contribution in [0.5, 0.6) is 0 Å². The van der Waals surface area contributed by atoms with E-state index in [0.29, 0.717) is 0 Å². The van der Waals surface area contributed by atoms with Crippen molar-refractivity contribution in [3.05, 3.63) is 29.3 Å². The van der Waals surface area contributed by atoms with Crippen molar-refractivity contribution in [2.45, 2.75) is 4.90 Å². The Morgan fingerprint density at radius 3 is 1.74 bits per heavy atom. The van der Waals surface area contributed by atoms with Gasteiger partial charge in [0, 0.05) is 0 Å². The van der Waals surface area contributed by atoms with Crippen LogP contribution in [0.25, 0.3) is 0 Å². The summed E-state index contributed by atoms with van der Waals surface area (Å²) in [6.45, 7) is -1.39. The van der Waals surface area contributed by atoms with E-state index in [2.05, 4.69) is 13.7 Å². The highest BCUT2D eigenvalue weighted by Crippen LogP contribution is 2.19. The number of esters is 2. The molecule has 0 unspecified atom stereocenters. The van der Waals surface area contributed by atoms with Crippen LogP contribution in [0.4, 0.5) is 0 Å². The Morgan fingerprint density at radius 2 is 1.39 bits per heavy atom. The predicted molar refractivity (Wildman–Crippen MR) is 75.4 cm³/mol. The summed E-state index contributed by atoms with van der Waals surface area (Å²) in [5.41, 5.74) is -0.458. The number of aliphatic hydroxyl groups excluding tert-OH is 2. The maximum atomic E-state index is 11.8. The summed E-state index contributed by atoms with van der Waals surface area (Å²) in [4.78, 5) is 23.2. The van der Waals surface area contributed by atoms with E-state index in [4.69, 9.17) is 10.2 Å². The largest absolute Gasteiger partial charge is 0.460 e. The van der Waals surface area contributed by atoms with Crippen LogP contribution >= 0.6 is 0 Å². The summed E-state index contributed by atoms with van der Waals surface area (Å²) >= 11 is 0. The molecule has 23 heavy (non-hydrogen) atoms. The van der Waals surface area contributed by atoms with Gasteiger partial charge in [0.15, 0.2) is 0 Å². The van der Waals surface area contributed by atoms with E-state index in [-0.39, 0.29) is 24.3 Å². The fourth-order valence-corrected chi connectivity index (χ4v) is 2.25. The van der Waals surface area contributed by atoms with Crippen LogP contribution in [-0.4, -0.2) is 64.1 Å². The maximum absolute atomic E-state index is 11.8. The van der Waals surface area contributed by atoms with Crippen molar-refractivity contribution in [3.63, 3.8) is 0 Å². The van der Waals surface area contributed by atoms with Crippen molar-refractivity contribution < 1.29 is 41.9 Å². The van der Waals surface area contributed by atoms with Gasteiger partial charge in [0.05, 0.1) is 36.3 Å². The first-order chi connectivity index (χ1) is 10.9. The molecule has 0 heterocycles. The average molecular weight is 348 g/mol. The molecule has 2 N–H and O–H groups in total. The van der Waals surface area contributed by atoms with Gasteiger partial charge in [-0.15, -0.1) is 0 Å². The summed E-state index contributed by atoms with van der Waals surface area (Å²) in [7, 11) is -3.24. The normalized spacial score (nSPS) is 11.1. The van der Waals surface area contributed by atoms with Gasteiger partial charge in [-0.2, -0.15) is 8.42 Å². The molecule has 10 heteroatoms. The van der Waals surface area contributed by atoms with Crippen molar-refractivity contribution in [3.8, 4) is 0 Å². The molecule has 0 aliphatic heterocycles. The van der Waals surface area contributed by atoms with Gasteiger partial charge in [-0.05, 0) is 18.2 Å². The number of rotatable bonds is 8. The molecule has 1 aromatic carbocycles. The van der Waals surface area contributed by atoms with Crippen molar-refractivity contribution >= 4 is 22.1 Å². The predicted octanol–water partition coefficient (Wildman–Crippen LogP) is -0.680. The van der Waals surface area contributed by atoms with Gasteiger partial charge in [-0.25, -0.2) is 9.59 Å². The molecule has 0 amide bonds. The van der Waals surface area contributed by atoms with Gasteiger partial charge in [0.1, 0.15) is 13.2 Å². The molecule has 0 aliphatic rings. The van der Waals surface area contributed by atoms with Gasteiger partial charge < -0.3 is 19.7 Å². The molecular formula is C13H16O9S. The zero-order chi connectivity index (χ0) is 17.5. The average Bonchev–Trinajstić information content (AvgIpc) is 2.56. The monoisotopic (exact) mass is 348 g/mol. The lowest BCUT2D eigenvalue weighted by Crippen LogP contribution is -2.14. The Labute approximate surface area is 132 Å². The number of carbonyl (C=O) groups excluding carboxylic acids is 2. The molecule has 1 rings (SSSR count). The molecule has 0 saturated carbocycles. The second-order valence-corrected chi connectivity index (χ2v) is 5.80. The van der Waals surface area contributed by atoms with Crippen molar-refractivity contribution in [1.29, 1.82) is 0 Å². The molecule has 0 saturated heterocycles. The molecule has 0 bridgehead atoms. The fourth-order valence-electron chi connectivity index (χ4n) is 1.52. The van der Waals surface area contributed by atoms with Crippen LogP contribution in [0.3, 0.4) is 0 Å². The number of hydrogen-bond donors (Lipinski definition) is 2. The van der Waals surface area contributed by atoms with Gasteiger partial charge >= 0.3 is 11.9 Å². The van der Waals surface area contributed by atoms with E-state index >= 15 is 0 Å². The molecule has 128 valence electrons. The molecule has 0 radical (unpaired) electrons. The van der Waals surface area contributed by atoms with Crippen molar-refractivity contribution in [1.82, 2.24) is 0 Å². The first kappa shape index (κ1) is 19.0. The molecule has 0 aromatic heterocycles. The third kappa shape index (κ3) is 5.28. The lowest BCUT2D eigenvalue weighted by molar-refractivity contribution is 0.0429. The first-order valence-electron chi connectivity index (χ1n) is 6.37. The highest BCUT2D eigenvalue weighted by molar-refractivity contribution is 7.86. The quantitative estimate of drug-likeness (QED) is 0.462. The van der Waals surface area contributed by atoms with Crippen LogP contribution in [0, 0.1) is 0 Å². The van der Waals surface area contributed by atoms with E-state index in [1.165, 1.54) is 0 Å². The summed E-state index contributed by atoms with van der Waals surface area (Å²) in [6, 6.07) is 3.02. The van der Waals surface area contributed by atoms with E-state index in [1.54, 1.807) is 0 Å². The number of benzene rings is 1. The van der Waals surface area contributed by atoms with Crippen LogP contribution in [0.1, 0.15) is 20.7 Å². The van der Waals surface area contributed by atoms with Gasteiger partial charge in [0.2, 0.25) is 0 Å². The summed E-state index contributed by atoms with van der Waals surface area (Å²) in [5.74, 6) is -1.85. The molecule has 0 aliphatic carbocycles. The van der Waals surface area contributed by atoms with Crippen molar-refractivity contribution in [2.75, 3.05) is 33.5 Å². The second-order valence-electron chi connectivity index (χ2n) is 4.09. The minimum absolute atomic E-state index is 0.229. The zero-order valence-electron chi connectivity index (χ0n) is 12.2. The van der Waals surface area contributed by atoms with E-state index in [0.717, 1.165) is 25.3 Å². The Balaban J connectivity index is 3.27. The van der Waals surface area contributed by atoms with E-state index < -0.39 is 40.2 Å². The minimum atomic E-state index is -4.17. The van der Waals surface area contributed by atoms with Crippen molar-refractivity contribution in [2.24, 2.45) is 0 Å². The molecule has 0 fully saturated rings. The Bertz CT molecular complexity index is 628. The maximum Gasteiger partial charge on any atom is 0.338 e. The van der Waals surface area contributed by atoms with E-state index in [9.17, 15) is 18.0 Å². The van der Waals surface area contributed by atoms with Gasteiger partial charge in [-0.3, -0.25) is 4.18 Å². The number of aliphatic hydroxyl groups is 2. The second kappa shape index (κ2) is 8.58. The fraction of sp³-hybridized carbons (Fsp3) is 0.385. The lowest BCUT2D eigenvalue weighted by Gasteiger charge is -2.09. The van der Waals surface area contributed by atoms with Crippen LogP contribution < -0.4 is 0 Å². The summed E-state index contributed by atoms with van der Waals surface area (Å²) in [5, 5.41) is 17.3. The smallest absolute Gasteiger partial charge is 0.338 e. The number of hydrogen-bond acceptors (Lipinski definition) is 9. The third-order valence-electron chi connectivity index (χ3n) is 2.53. The SMILES string of the molecule is COS(=O)(=O)c1cc(C(=O)OCCO)cc(C(=O)OCCO)c1. The molecule has 0 atom stereocenters. The third-order valence-corrected chi connectivity index (χ3v) is 3.79. The van der Waals surface area contributed by atoms with Crippen LogP contribution in [-0.2, 0) is 23.8 Å².